The smallest absolute Gasteiger partial charge is 0.328 e. The van der Waals surface area contributed by atoms with E-state index in [2.05, 4.69) is 59.3 Å². The Morgan fingerprint density at radius 3 is 2.49 bits per heavy atom. The maximum absolute atomic E-state index is 10.9. The van der Waals surface area contributed by atoms with Crippen LogP contribution >= 0.6 is 0 Å². The molecule has 0 saturated heterocycles. The van der Waals surface area contributed by atoms with Crippen LogP contribution in [0.25, 0.3) is 11.6 Å². The van der Waals surface area contributed by atoms with Gasteiger partial charge in [0.2, 0.25) is 0 Å². The maximum Gasteiger partial charge on any atom is 0.328 e. The number of anilines is 1. The van der Waals surface area contributed by atoms with Gasteiger partial charge in [0.05, 0.1) is 12.6 Å². The second-order valence-electron chi connectivity index (χ2n) is 9.05. The van der Waals surface area contributed by atoms with Crippen molar-refractivity contribution in [2.45, 2.75) is 32.4 Å². The summed E-state index contributed by atoms with van der Waals surface area (Å²) in [7, 11) is 1.74. The predicted octanol–water partition coefficient (Wildman–Crippen LogP) is 5.72. The lowest BCUT2D eigenvalue weighted by atomic mass is 9.83. The molecule has 3 N–H and O–H groups in total. The number of carbonyl (C=O) groups is 1. The van der Waals surface area contributed by atoms with Crippen molar-refractivity contribution in [1.82, 2.24) is 0 Å². The van der Waals surface area contributed by atoms with Gasteiger partial charge in [-0.15, -0.1) is 0 Å². The number of hydrogen-bond acceptors (Lipinski definition) is 5. The highest BCUT2D eigenvalue weighted by Crippen LogP contribution is 2.42. The summed E-state index contributed by atoms with van der Waals surface area (Å²) in [5.41, 5.74) is 13.4. The minimum atomic E-state index is -0.962. The Morgan fingerprint density at radius 1 is 1.14 bits per heavy atom. The molecule has 4 rings (SSSR count). The van der Waals surface area contributed by atoms with Gasteiger partial charge in [-0.05, 0) is 78.4 Å². The molecule has 0 radical (unpaired) electrons. The molecule has 1 aliphatic heterocycles. The summed E-state index contributed by atoms with van der Waals surface area (Å²) in [4.78, 5) is 17.5. The number of ether oxygens (including phenoxy) is 1. The van der Waals surface area contributed by atoms with Gasteiger partial charge in [0.25, 0.3) is 0 Å². The van der Waals surface area contributed by atoms with Crippen molar-refractivity contribution in [2.75, 3.05) is 18.6 Å². The van der Waals surface area contributed by atoms with E-state index < -0.39 is 5.97 Å². The lowest BCUT2D eigenvalue weighted by molar-refractivity contribution is -0.131. The number of carboxylic acid groups (broad SMARTS) is 1. The van der Waals surface area contributed by atoms with E-state index in [4.69, 9.17) is 15.6 Å². The Morgan fingerprint density at radius 2 is 1.86 bits per heavy atom. The molecule has 3 aromatic rings. The minimum Gasteiger partial charge on any atom is -0.494 e. The molecule has 1 heterocycles. The van der Waals surface area contributed by atoms with Gasteiger partial charge < -0.3 is 20.5 Å². The third-order valence-corrected chi connectivity index (χ3v) is 6.60. The molecule has 0 fully saturated rings. The Balaban J connectivity index is 1.81. The van der Waals surface area contributed by atoms with Crippen LogP contribution < -0.4 is 15.4 Å². The first kappa shape index (κ1) is 25.8. The quantitative estimate of drug-likeness (QED) is 0.308. The van der Waals surface area contributed by atoms with Crippen LogP contribution in [0.2, 0.25) is 0 Å². The SMILES string of the molecule is CCOc1ccc(N2C(C)Cc3cc(C(C=NC)=CN)ccc3C2c2ccc(/C=C/C(=O)O)cc2)cc1. The summed E-state index contributed by atoms with van der Waals surface area (Å²) in [6.45, 7) is 4.85. The number of benzene rings is 3. The molecule has 37 heavy (non-hydrogen) atoms. The molecule has 6 heteroatoms. The number of allylic oxidation sites excluding steroid dienone is 1. The van der Waals surface area contributed by atoms with Crippen LogP contribution in [-0.2, 0) is 11.2 Å². The molecule has 2 atom stereocenters. The van der Waals surface area contributed by atoms with Crippen molar-refractivity contribution < 1.29 is 14.6 Å². The Hall–Kier alpha value is -4.32. The van der Waals surface area contributed by atoms with E-state index in [-0.39, 0.29) is 12.1 Å². The molecule has 0 aromatic heterocycles. The number of hydrogen-bond donors (Lipinski definition) is 2. The van der Waals surface area contributed by atoms with Gasteiger partial charge in [-0.3, -0.25) is 4.99 Å². The summed E-state index contributed by atoms with van der Waals surface area (Å²) in [6.07, 6.45) is 7.02. The molecule has 0 amide bonds. The standard InChI is InChI=1S/C31H33N3O3/c1-4-37-28-13-11-27(12-14-28)34-21(2)17-25-18-24(26(19-32)20-33-3)10-15-29(25)31(34)23-8-5-22(6-9-23)7-16-30(35)36/h5-16,18-21,31H,4,17,32H2,1-3H3,(H,35,36)/b16-7+,26-19?,33-20?. The average Bonchev–Trinajstić information content (AvgIpc) is 2.90. The van der Waals surface area contributed by atoms with Crippen molar-refractivity contribution >= 4 is 29.5 Å². The van der Waals surface area contributed by atoms with Gasteiger partial charge in [0.15, 0.2) is 0 Å². The first-order valence-corrected chi connectivity index (χ1v) is 12.4. The van der Waals surface area contributed by atoms with Gasteiger partial charge in [0.1, 0.15) is 5.75 Å². The van der Waals surface area contributed by atoms with Gasteiger partial charge in [-0.25, -0.2) is 4.79 Å². The average molecular weight is 496 g/mol. The second-order valence-corrected chi connectivity index (χ2v) is 9.05. The lowest BCUT2D eigenvalue weighted by Gasteiger charge is -2.44. The van der Waals surface area contributed by atoms with Crippen LogP contribution in [0, 0.1) is 0 Å². The molecule has 190 valence electrons. The van der Waals surface area contributed by atoms with E-state index in [1.54, 1.807) is 25.5 Å². The summed E-state index contributed by atoms with van der Waals surface area (Å²) in [6, 6.07) is 23.1. The topological polar surface area (TPSA) is 88.1 Å². The van der Waals surface area contributed by atoms with Crippen LogP contribution in [0.4, 0.5) is 5.69 Å². The highest BCUT2D eigenvalue weighted by molar-refractivity contribution is 6.09. The van der Waals surface area contributed by atoms with Crippen LogP contribution in [0.5, 0.6) is 5.75 Å². The largest absolute Gasteiger partial charge is 0.494 e. The van der Waals surface area contributed by atoms with Crippen molar-refractivity contribution in [2.24, 2.45) is 10.7 Å². The molecular weight excluding hydrogens is 462 g/mol. The zero-order chi connectivity index (χ0) is 26.4. The van der Waals surface area contributed by atoms with Crippen LogP contribution in [0.15, 0.2) is 84.0 Å². The number of nitrogens with two attached hydrogens (primary N) is 1. The fourth-order valence-corrected chi connectivity index (χ4v) is 4.98. The summed E-state index contributed by atoms with van der Waals surface area (Å²) in [5, 5.41) is 8.98. The van der Waals surface area contributed by atoms with Crippen molar-refractivity contribution in [3.8, 4) is 5.75 Å². The van der Waals surface area contributed by atoms with Gasteiger partial charge >= 0.3 is 5.97 Å². The van der Waals surface area contributed by atoms with Crippen LogP contribution in [0.3, 0.4) is 0 Å². The number of nitrogens with zero attached hydrogens (tertiary/aromatic N) is 2. The monoisotopic (exact) mass is 495 g/mol. The minimum absolute atomic E-state index is 0.0200. The van der Waals surface area contributed by atoms with Gasteiger partial charge in [-0.2, -0.15) is 0 Å². The Bertz CT molecular complexity index is 1320. The number of aliphatic imine (C=N–C) groups is 1. The van der Waals surface area contributed by atoms with E-state index in [0.717, 1.165) is 46.2 Å². The molecule has 6 nitrogen and oxygen atoms in total. The third kappa shape index (κ3) is 5.75. The first-order valence-electron chi connectivity index (χ1n) is 12.4. The Labute approximate surface area is 218 Å². The van der Waals surface area contributed by atoms with E-state index in [9.17, 15) is 4.79 Å². The Kier molecular flexibility index (Phi) is 8.08. The molecule has 0 aliphatic carbocycles. The summed E-state index contributed by atoms with van der Waals surface area (Å²) in [5.74, 6) is -0.110. The van der Waals surface area contributed by atoms with E-state index >= 15 is 0 Å². The van der Waals surface area contributed by atoms with Crippen LogP contribution in [-0.4, -0.2) is 37.0 Å². The normalized spacial score (nSPS) is 17.8. The molecule has 1 aliphatic rings. The first-order chi connectivity index (χ1) is 17.9. The third-order valence-electron chi connectivity index (χ3n) is 6.60. The molecule has 0 spiro atoms. The molecular formula is C31H33N3O3. The van der Waals surface area contributed by atoms with Gasteiger partial charge in [0, 0.05) is 42.8 Å². The number of carboxylic acids is 1. The number of aliphatic carboxylic acids is 1. The van der Waals surface area contributed by atoms with E-state index in [1.807, 2.05) is 31.2 Å². The fraction of sp³-hybridized carbons (Fsp3) is 0.226. The zero-order valence-electron chi connectivity index (χ0n) is 21.5. The lowest BCUT2D eigenvalue weighted by Crippen LogP contribution is -2.43. The summed E-state index contributed by atoms with van der Waals surface area (Å²) >= 11 is 0. The number of fused-ring (bicyclic) bond motifs is 1. The second kappa shape index (κ2) is 11.6. The maximum atomic E-state index is 10.9. The van der Waals surface area contributed by atoms with Crippen molar-refractivity contribution in [1.29, 1.82) is 0 Å². The van der Waals surface area contributed by atoms with E-state index in [0.29, 0.717) is 6.61 Å². The number of rotatable bonds is 8. The predicted molar refractivity (Wildman–Crippen MR) is 151 cm³/mol. The van der Waals surface area contributed by atoms with Crippen molar-refractivity contribution in [3.05, 3.63) is 107 Å². The zero-order valence-corrected chi connectivity index (χ0v) is 21.5. The highest BCUT2D eigenvalue weighted by Gasteiger charge is 2.33. The molecule has 0 bridgehead atoms. The summed E-state index contributed by atoms with van der Waals surface area (Å²) < 4.78 is 5.67. The highest BCUT2D eigenvalue weighted by atomic mass is 16.5. The molecule has 2 unspecified atom stereocenters. The van der Waals surface area contributed by atoms with Crippen LogP contribution in [0.1, 0.15) is 47.7 Å². The van der Waals surface area contributed by atoms with Crippen molar-refractivity contribution in [3.63, 3.8) is 0 Å². The van der Waals surface area contributed by atoms with Gasteiger partial charge in [-0.1, -0.05) is 42.5 Å². The fourth-order valence-electron chi connectivity index (χ4n) is 4.98. The molecule has 3 aromatic carbocycles. The van der Waals surface area contributed by atoms with E-state index in [1.165, 1.54) is 11.1 Å². The molecule has 0 saturated carbocycles.